The van der Waals surface area contributed by atoms with Crippen molar-refractivity contribution in [3.8, 4) is 23.1 Å². The number of rotatable bonds is 5. The van der Waals surface area contributed by atoms with Gasteiger partial charge < -0.3 is 24.8 Å². The Kier molecular flexibility index (Phi) is 6.07. The Hall–Kier alpha value is -3.17. The Labute approximate surface area is 163 Å². The van der Waals surface area contributed by atoms with E-state index in [1.807, 2.05) is 0 Å². The number of nitrogens with zero attached hydrogens (tertiary/aromatic N) is 5. The van der Waals surface area contributed by atoms with Gasteiger partial charge in [0.1, 0.15) is 5.69 Å². The summed E-state index contributed by atoms with van der Waals surface area (Å²) in [6.45, 7) is 1.63. The SMILES string of the molecule is COC(=O)c1nc(-c2cnc(OC)nc2OC)c(N2CCCCCC2)nc1N. The highest BCUT2D eigenvalue weighted by Crippen LogP contribution is 2.35. The first-order valence-electron chi connectivity index (χ1n) is 9.05. The van der Waals surface area contributed by atoms with Crippen molar-refractivity contribution in [2.24, 2.45) is 0 Å². The average molecular weight is 388 g/mol. The van der Waals surface area contributed by atoms with Crippen LogP contribution < -0.4 is 20.1 Å². The van der Waals surface area contributed by atoms with Crippen LogP contribution in [0.3, 0.4) is 0 Å². The Morgan fingerprint density at radius 3 is 2.36 bits per heavy atom. The summed E-state index contributed by atoms with van der Waals surface area (Å²) in [5.74, 6) is 0.183. The predicted octanol–water partition coefficient (Wildman–Crippen LogP) is 1.70. The molecule has 2 N–H and O–H groups in total. The molecule has 0 aliphatic carbocycles. The van der Waals surface area contributed by atoms with Crippen LogP contribution in [0.1, 0.15) is 36.2 Å². The number of hydrogen-bond acceptors (Lipinski definition) is 10. The maximum Gasteiger partial charge on any atom is 0.360 e. The van der Waals surface area contributed by atoms with E-state index >= 15 is 0 Å². The van der Waals surface area contributed by atoms with E-state index < -0.39 is 5.97 Å². The van der Waals surface area contributed by atoms with Gasteiger partial charge in [0.05, 0.1) is 26.9 Å². The van der Waals surface area contributed by atoms with Crippen molar-refractivity contribution < 1.29 is 19.0 Å². The van der Waals surface area contributed by atoms with Gasteiger partial charge in [-0.1, -0.05) is 12.8 Å². The maximum atomic E-state index is 12.1. The number of hydrogen-bond donors (Lipinski definition) is 1. The lowest BCUT2D eigenvalue weighted by Crippen LogP contribution is -2.27. The van der Waals surface area contributed by atoms with Gasteiger partial charge in [0, 0.05) is 19.3 Å². The molecule has 2 aromatic rings. The summed E-state index contributed by atoms with van der Waals surface area (Å²) >= 11 is 0. The summed E-state index contributed by atoms with van der Waals surface area (Å²) in [6.07, 6.45) is 5.92. The van der Waals surface area contributed by atoms with E-state index in [4.69, 9.17) is 19.9 Å². The van der Waals surface area contributed by atoms with Gasteiger partial charge in [-0.15, -0.1) is 0 Å². The zero-order chi connectivity index (χ0) is 20.1. The number of nitrogen functional groups attached to an aromatic ring is 1. The number of carbonyl (C=O) groups excluding carboxylic acids is 1. The molecule has 2 aromatic heterocycles. The van der Waals surface area contributed by atoms with Crippen LogP contribution in [0, 0.1) is 0 Å². The number of anilines is 2. The molecule has 1 saturated heterocycles. The van der Waals surface area contributed by atoms with Crippen LogP contribution >= 0.6 is 0 Å². The second-order valence-electron chi connectivity index (χ2n) is 6.30. The minimum Gasteiger partial charge on any atom is -0.480 e. The highest BCUT2D eigenvalue weighted by molar-refractivity contribution is 5.93. The first-order valence-corrected chi connectivity index (χ1v) is 9.05. The van der Waals surface area contributed by atoms with Crippen LogP contribution in [-0.4, -0.2) is 60.3 Å². The van der Waals surface area contributed by atoms with E-state index in [0.717, 1.165) is 38.8 Å². The van der Waals surface area contributed by atoms with E-state index in [1.165, 1.54) is 27.5 Å². The van der Waals surface area contributed by atoms with Crippen molar-refractivity contribution in [3.63, 3.8) is 0 Å². The monoisotopic (exact) mass is 388 g/mol. The molecule has 1 fully saturated rings. The van der Waals surface area contributed by atoms with Crippen LogP contribution in [-0.2, 0) is 4.74 Å². The Morgan fingerprint density at radius 1 is 1.04 bits per heavy atom. The second kappa shape index (κ2) is 8.68. The third kappa shape index (κ3) is 3.90. The lowest BCUT2D eigenvalue weighted by Gasteiger charge is -2.24. The van der Waals surface area contributed by atoms with Gasteiger partial charge in [-0.2, -0.15) is 4.98 Å². The predicted molar refractivity (Wildman–Crippen MR) is 103 cm³/mol. The molecule has 0 radical (unpaired) electrons. The molecular weight excluding hydrogens is 364 g/mol. The topological polar surface area (TPSA) is 126 Å². The summed E-state index contributed by atoms with van der Waals surface area (Å²) in [6, 6.07) is 0.161. The van der Waals surface area contributed by atoms with E-state index in [9.17, 15) is 4.79 Å². The molecule has 28 heavy (non-hydrogen) atoms. The quantitative estimate of drug-likeness (QED) is 0.756. The fourth-order valence-electron chi connectivity index (χ4n) is 3.14. The van der Waals surface area contributed by atoms with Gasteiger partial charge in [0.2, 0.25) is 5.88 Å². The number of aromatic nitrogens is 4. The standard InChI is InChI=1S/C18H24N6O4/c1-26-16-11(10-20-18(23-16)28-3)12-15(24-8-6-4-5-7-9-24)22-14(19)13(21-12)17(25)27-2/h10H,4-9H2,1-3H3,(H2,19,22). The van der Waals surface area contributed by atoms with Crippen LogP contribution in [0.2, 0.25) is 0 Å². The molecule has 0 aromatic carbocycles. The van der Waals surface area contributed by atoms with Crippen molar-refractivity contribution >= 4 is 17.6 Å². The average Bonchev–Trinajstić information content (AvgIpc) is 3.02. The summed E-state index contributed by atoms with van der Waals surface area (Å²) < 4.78 is 15.3. The fraction of sp³-hybridized carbons (Fsp3) is 0.500. The molecule has 0 unspecified atom stereocenters. The third-order valence-electron chi connectivity index (χ3n) is 4.55. The van der Waals surface area contributed by atoms with Gasteiger partial charge >= 0.3 is 12.0 Å². The van der Waals surface area contributed by atoms with Crippen molar-refractivity contribution in [1.29, 1.82) is 0 Å². The molecule has 0 atom stereocenters. The number of esters is 1. The molecule has 10 heteroatoms. The molecule has 0 saturated carbocycles. The fourth-order valence-corrected chi connectivity index (χ4v) is 3.14. The number of methoxy groups -OCH3 is 3. The zero-order valence-corrected chi connectivity index (χ0v) is 16.3. The Morgan fingerprint density at radius 2 is 1.75 bits per heavy atom. The summed E-state index contributed by atoms with van der Waals surface area (Å²) in [7, 11) is 4.22. The molecular formula is C18H24N6O4. The highest BCUT2D eigenvalue weighted by atomic mass is 16.5. The van der Waals surface area contributed by atoms with Gasteiger partial charge in [-0.05, 0) is 12.8 Å². The maximum absolute atomic E-state index is 12.1. The zero-order valence-electron chi connectivity index (χ0n) is 16.3. The van der Waals surface area contributed by atoms with E-state index in [0.29, 0.717) is 17.1 Å². The molecule has 10 nitrogen and oxygen atoms in total. The van der Waals surface area contributed by atoms with Crippen molar-refractivity contribution in [2.75, 3.05) is 45.1 Å². The minimum atomic E-state index is -0.665. The third-order valence-corrected chi connectivity index (χ3v) is 4.55. The van der Waals surface area contributed by atoms with Crippen LogP contribution in [0.4, 0.5) is 11.6 Å². The first-order chi connectivity index (χ1) is 13.6. The van der Waals surface area contributed by atoms with Crippen LogP contribution in [0.25, 0.3) is 11.3 Å². The van der Waals surface area contributed by atoms with E-state index in [-0.39, 0.29) is 23.4 Å². The normalized spacial score (nSPS) is 14.3. The first kappa shape index (κ1) is 19.6. The highest BCUT2D eigenvalue weighted by Gasteiger charge is 2.26. The summed E-state index contributed by atoms with van der Waals surface area (Å²) in [4.78, 5) is 31.6. The number of carbonyl (C=O) groups is 1. The van der Waals surface area contributed by atoms with Crippen molar-refractivity contribution in [3.05, 3.63) is 11.9 Å². The molecule has 150 valence electrons. The van der Waals surface area contributed by atoms with Crippen molar-refractivity contribution in [1.82, 2.24) is 19.9 Å². The smallest absolute Gasteiger partial charge is 0.360 e. The molecule has 3 heterocycles. The molecule has 1 aliphatic rings. The largest absolute Gasteiger partial charge is 0.480 e. The van der Waals surface area contributed by atoms with Gasteiger partial charge in [0.25, 0.3) is 0 Å². The second-order valence-corrected chi connectivity index (χ2v) is 6.30. The molecule has 3 rings (SSSR count). The van der Waals surface area contributed by atoms with Gasteiger partial charge in [-0.25, -0.2) is 19.7 Å². The van der Waals surface area contributed by atoms with Crippen LogP contribution in [0.15, 0.2) is 6.20 Å². The lowest BCUT2D eigenvalue weighted by atomic mass is 10.2. The van der Waals surface area contributed by atoms with Crippen molar-refractivity contribution in [2.45, 2.75) is 25.7 Å². The minimum absolute atomic E-state index is 0.0169. The van der Waals surface area contributed by atoms with E-state index in [2.05, 4.69) is 24.8 Å². The summed E-state index contributed by atoms with van der Waals surface area (Å²) in [5.41, 5.74) is 6.86. The van der Waals surface area contributed by atoms with Crippen LogP contribution in [0.5, 0.6) is 11.9 Å². The van der Waals surface area contributed by atoms with Gasteiger partial charge in [0.15, 0.2) is 17.3 Å². The Balaban J connectivity index is 2.20. The summed E-state index contributed by atoms with van der Waals surface area (Å²) in [5, 5.41) is 0. The van der Waals surface area contributed by atoms with Gasteiger partial charge in [-0.3, -0.25) is 0 Å². The van der Waals surface area contributed by atoms with E-state index in [1.54, 1.807) is 0 Å². The Bertz CT molecular complexity index is 852. The lowest BCUT2D eigenvalue weighted by molar-refractivity contribution is 0.0595. The number of ether oxygens (including phenoxy) is 3. The molecule has 0 spiro atoms. The molecule has 1 aliphatic heterocycles. The molecule has 0 bridgehead atoms. The molecule has 0 amide bonds. The number of nitrogens with two attached hydrogens (primary N) is 1.